The molecule has 0 aliphatic rings. The molecular formula is C14H20N4O3. The average Bonchev–Trinajstić information content (AvgIpc) is 3.14. The molecular weight excluding hydrogens is 272 g/mol. The molecule has 7 nitrogen and oxygen atoms in total. The predicted octanol–water partition coefficient (Wildman–Crippen LogP) is 1.07. The van der Waals surface area contributed by atoms with Crippen LogP contribution in [0.25, 0.3) is 0 Å². The van der Waals surface area contributed by atoms with Gasteiger partial charge in [0, 0.05) is 25.5 Å². The smallest absolute Gasteiger partial charge is 0.314 e. The van der Waals surface area contributed by atoms with Crippen molar-refractivity contribution < 1.29 is 14.3 Å². The van der Waals surface area contributed by atoms with Crippen LogP contribution in [0.1, 0.15) is 19.1 Å². The lowest BCUT2D eigenvalue weighted by molar-refractivity contribution is 0.0367. The zero-order valence-electron chi connectivity index (χ0n) is 12.0. The maximum atomic E-state index is 11.6. The maximum absolute atomic E-state index is 11.6. The number of carbonyl (C=O) groups excluding carboxylic acids is 1. The van der Waals surface area contributed by atoms with Gasteiger partial charge in [-0.05, 0) is 31.5 Å². The predicted molar refractivity (Wildman–Crippen MR) is 76.5 cm³/mol. The summed E-state index contributed by atoms with van der Waals surface area (Å²) in [5, 5.41) is 19.6. The van der Waals surface area contributed by atoms with Crippen molar-refractivity contribution in [3.05, 3.63) is 42.6 Å². The van der Waals surface area contributed by atoms with Crippen molar-refractivity contribution >= 4 is 6.03 Å². The van der Waals surface area contributed by atoms with E-state index < -0.39 is 5.60 Å². The summed E-state index contributed by atoms with van der Waals surface area (Å²) < 4.78 is 6.95. The molecule has 2 heterocycles. The van der Waals surface area contributed by atoms with E-state index in [1.165, 1.54) is 6.26 Å². The van der Waals surface area contributed by atoms with Crippen molar-refractivity contribution in [1.29, 1.82) is 0 Å². The summed E-state index contributed by atoms with van der Waals surface area (Å²) in [7, 11) is 0. The Balaban J connectivity index is 1.63. The molecule has 0 saturated heterocycles. The molecule has 21 heavy (non-hydrogen) atoms. The summed E-state index contributed by atoms with van der Waals surface area (Å²) in [6.45, 7) is 2.95. The highest BCUT2D eigenvalue weighted by Crippen LogP contribution is 2.19. The number of hydrogen-bond acceptors (Lipinski definition) is 4. The van der Waals surface area contributed by atoms with Crippen LogP contribution in [0.15, 0.2) is 41.3 Å². The Bertz CT molecular complexity index is 535. The van der Waals surface area contributed by atoms with Gasteiger partial charge in [-0.2, -0.15) is 5.10 Å². The summed E-state index contributed by atoms with van der Waals surface area (Å²) in [5.74, 6) is 0.418. The summed E-state index contributed by atoms with van der Waals surface area (Å²) in [6.07, 6.45) is 5.86. The second kappa shape index (κ2) is 6.94. The van der Waals surface area contributed by atoms with E-state index in [0.29, 0.717) is 12.3 Å². The SMILES string of the molecule is CC(O)(CNC(=O)NCCCn1cccn1)c1ccco1. The van der Waals surface area contributed by atoms with E-state index in [1.54, 1.807) is 29.9 Å². The Morgan fingerprint density at radius 3 is 3.00 bits per heavy atom. The molecule has 0 spiro atoms. The summed E-state index contributed by atoms with van der Waals surface area (Å²) >= 11 is 0. The molecule has 114 valence electrons. The molecule has 0 aliphatic carbocycles. The topological polar surface area (TPSA) is 92.3 Å². The van der Waals surface area contributed by atoms with Crippen molar-refractivity contribution in [3.63, 3.8) is 0 Å². The molecule has 0 bridgehead atoms. The standard InChI is InChI=1S/C14H20N4O3/c1-14(20,12-5-2-10-21-12)11-16-13(19)15-6-3-8-18-9-4-7-17-18/h2,4-5,7,9-10,20H,3,6,8,11H2,1H3,(H2,15,16,19). The molecule has 0 fully saturated rings. The van der Waals surface area contributed by atoms with Gasteiger partial charge >= 0.3 is 6.03 Å². The fourth-order valence-electron chi connectivity index (χ4n) is 1.86. The molecule has 0 saturated carbocycles. The van der Waals surface area contributed by atoms with Gasteiger partial charge in [0.2, 0.25) is 0 Å². The third-order valence-electron chi connectivity index (χ3n) is 3.05. The van der Waals surface area contributed by atoms with E-state index in [0.717, 1.165) is 13.0 Å². The highest BCUT2D eigenvalue weighted by atomic mass is 16.4. The normalized spacial score (nSPS) is 13.6. The molecule has 3 N–H and O–H groups in total. The molecule has 1 atom stereocenters. The van der Waals surface area contributed by atoms with Crippen LogP contribution in [0.5, 0.6) is 0 Å². The average molecular weight is 292 g/mol. The molecule has 2 aromatic heterocycles. The van der Waals surface area contributed by atoms with Crippen LogP contribution in [0, 0.1) is 0 Å². The molecule has 7 heteroatoms. The van der Waals surface area contributed by atoms with Crippen molar-refractivity contribution in [2.24, 2.45) is 0 Å². The number of amides is 2. The lowest BCUT2D eigenvalue weighted by atomic mass is 10.0. The molecule has 2 rings (SSSR count). The number of urea groups is 1. The fraction of sp³-hybridized carbons (Fsp3) is 0.429. The minimum absolute atomic E-state index is 0.0749. The first kappa shape index (κ1) is 15.1. The van der Waals surface area contributed by atoms with Crippen molar-refractivity contribution in [1.82, 2.24) is 20.4 Å². The van der Waals surface area contributed by atoms with Gasteiger partial charge < -0.3 is 20.2 Å². The number of hydrogen-bond donors (Lipinski definition) is 3. The summed E-state index contributed by atoms with van der Waals surface area (Å²) in [6, 6.07) is 4.90. The van der Waals surface area contributed by atoms with Gasteiger partial charge in [-0.25, -0.2) is 4.79 Å². The molecule has 0 aromatic carbocycles. The number of nitrogens with zero attached hydrogens (tertiary/aromatic N) is 2. The first-order valence-corrected chi connectivity index (χ1v) is 6.83. The van der Waals surface area contributed by atoms with Crippen LogP contribution in [-0.4, -0.2) is 34.0 Å². The maximum Gasteiger partial charge on any atom is 0.314 e. The van der Waals surface area contributed by atoms with E-state index in [-0.39, 0.29) is 12.6 Å². The van der Waals surface area contributed by atoms with E-state index in [2.05, 4.69) is 15.7 Å². The van der Waals surface area contributed by atoms with Gasteiger partial charge in [-0.1, -0.05) is 0 Å². The van der Waals surface area contributed by atoms with E-state index in [4.69, 9.17) is 4.42 Å². The largest absolute Gasteiger partial charge is 0.466 e. The summed E-state index contributed by atoms with van der Waals surface area (Å²) in [4.78, 5) is 11.6. The quantitative estimate of drug-likeness (QED) is 0.666. The molecule has 0 radical (unpaired) electrons. The lowest BCUT2D eigenvalue weighted by Crippen LogP contribution is -2.43. The Kier molecular flexibility index (Phi) is 4.99. The lowest BCUT2D eigenvalue weighted by Gasteiger charge is -2.21. The van der Waals surface area contributed by atoms with Crippen molar-refractivity contribution in [2.75, 3.05) is 13.1 Å². The van der Waals surface area contributed by atoms with E-state index in [1.807, 2.05) is 12.3 Å². The van der Waals surface area contributed by atoms with Crippen LogP contribution < -0.4 is 10.6 Å². The van der Waals surface area contributed by atoms with Crippen LogP contribution >= 0.6 is 0 Å². The number of nitrogens with one attached hydrogen (secondary N) is 2. The Morgan fingerprint density at radius 1 is 1.48 bits per heavy atom. The minimum Gasteiger partial charge on any atom is -0.466 e. The zero-order valence-corrected chi connectivity index (χ0v) is 12.0. The molecule has 2 aromatic rings. The number of aryl methyl sites for hydroxylation is 1. The Morgan fingerprint density at radius 2 is 2.33 bits per heavy atom. The number of furan rings is 1. The van der Waals surface area contributed by atoms with Crippen molar-refractivity contribution in [3.8, 4) is 0 Å². The second-order valence-corrected chi connectivity index (χ2v) is 4.98. The van der Waals surface area contributed by atoms with Gasteiger partial charge in [0.05, 0.1) is 12.8 Å². The monoisotopic (exact) mass is 292 g/mol. The van der Waals surface area contributed by atoms with Crippen LogP contribution in [0.3, 0.4) is 0 Å². The summed E-state index contributed by atoms with van der Waals surface area (Å²) in [5.41, 5.74) is -1.23. The second-order valence-electron chi connectivity index (χ2n) is 4.98. The molecule has 2 amide bonds. The molecule has 1 unspecified atom stereocenters. The number of carbonyl (C=O) groups is 1. The van der Waals surface area contributed by atoms with Crippen molar-refractivity contribution in [2.45, 2.75) is 25.5 Å². The van der Waals surface area contributed by atoms with Crippen LogP contribution in [0.4, 0.5) is 4.79 Å². The fourth-order valence-corrected chi connectivity index (χ4v) is 1.86. The van der Waals surface area contributed by atoms with E-state index >= 15 is 0 Å². The number of rotatable bonds is 7. The highest BCUT2D eigenvalue weighted by Gasteiger charge is 2.26. The highest BCUT2D eigenvalue weighted by molar-refractivity contribution is 5.73. The number of aromatic nitrogens is 2. The molecule has 0 aliphatic heterocycles. The zero-order chi connectivity index (χ0) is 15.1. The first-order valence-electron chi connectivity index (χ1n) is 6.83. The first-order chi connectivity index (χ1) is 10.1. The van der Waals surface area contributed by atoms with Crippen LogP contribution in [0.2, 0.25) is 0 Å². The van der Waals surface area contributed by atoms with Gasteiger partial charge in [-0.15, -0.1) is 0 Å². The Labute approximate surface area is 123 Å². The van der Waals surface area contributed by atoms with Gasteiger partial charge in [0.1, 0.15) is 11.4 Å². The Hall–Kier alpha value is -2.28. The third-order valence-corrected chi connectivity index (χ3v) is 3.05. The van der Waals surface area contributed by atoms with E-state index in [9.17, 15) is 9.90 Å². The van der Waals surface area contributed by atoms with Gasteiger partial charge in [-0.3, -0.25) is 4.68 Å². The third kappa shape index (κ3) is 4.64. The van der Waals surface area contributed by atoms with Crippen LogP contribution in [-0.2, 0) is 12.1 Å². The number of aliphatic hydroxyl groups is 1. The van der Waals surface area contributed by atoms with Gasteiger partial charge in [0.25, 0.3) is 0 Å². The minimum atomic E-state index is -1.23. The van der Waals surface area contributed by atoms with Gasteiger partial charge in [0.15, 0.2) is 0 Å².